The van der Waals surface area contributed by atoms with Crippen molar-refractivity contribution in [2.45, 2.75) is 20.5 Å². The summed E-state index contributed by atoms with van der Waals surface area (Å²) in [6.45, 7) is 5.15. The number of hydrogen-bond acceptors (Lipinski definition) is 3. The molecule has 1 heterocycles. The lowest BCUT2D eigenvalue weighted by molar-refractivity contribution is 0.128. The lowest BCUT2D eigenvalue weighted by Gasteiger charge is -2.07. The van der Waals surface area contributed by atoms with Crippen LogP contribution in [0.3, 0.4) is 0 Å². The number of benzene rings is 1. The molecule has 1 aromatic heterocycles. The van der Waals surface area contributed by atoms with Crippen molar-refractivity contribution >= 4 is 12.2 Å². The van der Waals surface area contributed by atoms with E-state index in [2.05, 4.69) is 35.1 Å². The van der Waals surface area contributed by atoms with E-state index in [4.69, 9.17) is 17.0 Å². The van der Waals surface area contributed by atoms with Crippen LogP contribution in [0.2, 0.25) is 0 Å². The van der Waals surface area contributed by atoms with Crippen LogP contribution in [0.15, 0.2) is 30.3 Å². The minimum Gasteiger partial charge on any atom is -0.374 e. The third kappa shape index (κ3) is 3.24. The highest BCUT2D eigenvalue weighted by Crippen LogP contribution is 2.18. The maximum absolute atomic E-state index is 5.35. The Bertz CT molecular complexity index is 592. The third-order valence-electron chi connectivity index (χ3n) is 2.56. The fourth-order valence-electron chi connectivity index (χ4n) is 1.74. The van der Waals surface area contributed by atoms with Crippen LogP contribution in [-0.2, 0) is 11.3 Å². The Hall–Kier alpha value is -1.52. The second-order valence-corrected chi connectivity index (χ2v) is 4.50. The number of aryl methyl sites for hydroxylation is 1. The van der Waals surface area contributed by atoms with Gasteiger partial charge in [-0.25, -0.2) is 4.98 Å². The number of nitrogens with one attached hydrogen (secondary N) is 1. The monoisotopic (exact) mass is 260 g/mol. The molecule has 0 radical (unpaired) electrons. The fraction of sp³-hybridized carbons (Fsp3) is 0.286. The first kappa shape index (κ1) is 12.9. The van der Waals surface area contributed by atoms with Gasteiger partial charge in [-0.2, -0.15) is 0 Å². The topological polar surface area (TPSA) is 37.9 Å². The number of nitrogens with zero attached hydrogens (tertiary/aromatic N) is 1. The predicted octanol–water partition coefficient (Wildman–Crippen LogP) is 3.65. The molecule has 0 saturated carbocycles. The van der Waals surface area contributed by atoms with Gasteiger partial charge in [0.25, 0.3) is 0 Å². The number of aromatic nitrogens is 2. The highest BCUT2D eigenvalue weighted by molar-refractivity contribution is 7.71. The maximum atomic E-state index is 5.35. The van der Waals surface area contributed by atoms with Crippen molar-refractivity contribution in [1.82, 2.24) is 9.97 Å². The van der Waals surface area contributed by atoms with Gasteiger partial charge in [0.15, 0.2) is 0 Å². The van der Waals surface area contributed by atoms with Gasteiger partial charge in [0.05, 0.1) is 0 Å². The molecule has 0 spiro atoms. The van der Waals surface area contributed by atoms with E-state index < -0.39 is 0 Å². The molecule has 4 heteroatoms. The summed E-state index contributed by atoms with van der Waals surface area (Å²) in [6.07, 6.45) is 0. The molecule has 0 unspecified atom stereocenters. The van der Waals surface area contributed by atoms with Crippen LogP contribution >= 0.6 is 12.2 Å². The van der Waals surface area contributed by atoms with Crippen LogP contribution in [0.4, 0.5) is 0 Å². The van der Waals surface area contributed by atoms with Gasteiger partial charge in [-0.1, -0.05) is 36.0 Å². The summed E-state index contributed by atoms with van der Waals surface area (Å²) in [6, 6.07) is 10.1. The van der Waals surface area contributed by atoms with Crippen LogP contribution in [0.1, 0.15) is 18.3 Å². The minimum atomic E-state index is 0.458. The predicted molar refractivity (Wildman–Crippen MR) is 74.9 cm³/mol. The van der Waals surface area contributed by atoms with Gasteiger partial charge in [0, 0.05) is 12.3 Å². The third-order valence-corrected chi connectivity index (χ3v) is 2.77. The summed E-state index contributed by atoms with van der Waals surface area (Å²) in [7, 11) is 0. The van der Waals surface area contributed by atoms with E-state index in [1.165, 1.54) is 5.56 Å². The Morgan fingerprint density at radius 3 is 2.89 bits per heavy atom. The van der Waals surface area contributed by atoms with Crippen LogP contribution in [-0.4, -0.2) is 16.6 Å². The standard InChI is InChI=1S/C14H16N2OS/c1-3-17-9-13-15-12(8-14(18)16-13)11-6-4-5-10(2)7-11/h4-8H,3,9H2,1-2H3,(H,15,16,18). The van der Waals surface area contributed by atoms with Gasteiger partial charge in [0.1, 0.15) is 17.1 Å². The molecule has 1 aromatic carbocycles. The highest BCUT2D eigenvalue weighted by atomic mass is 32.1. The number of hydrogen-bond donors (Lipinski definition) is 1. The fourth-order valence-corrected chi connectivity index (χ4v) is 1.97. The summed E-state index contributed by atoms with van der Waals surface area (Å²) >= 11 is 5.18. The van der Waals surface area contributed by atoms with E-state index >= 15 is 0 Å². The Kier molecular flexibility index (Phi) is 4.23. The zero-order valence-electron chi connectivity index (χ0n) is 10.6. The van der Waals surface area contributed by atoms with E-state index in [1.807, 2.05) is 19.1 Å². The smallest absolute Gasteiger partial charge is 0.134 e. The van der Waals surface area contributed by atoms with Crippen LogP contribution in [0.5, 0.6) is 0 Å². The van der Waals surface area contributed by atoms with Crippen molar-refractivity contribution in [1.29, 1.82) is 0 Å². The normalized spacial score (nSPS) is 10.6. The van der Waals surface area contributed by atoms with Crippen molar-refractivity contribution in [2.75, 3.05) is 6.61 Å². The Balaban J connectivity index is 2.38. The molecule has 0 atom stereocenters. The number of rotatable bonds is 4. The largest absolute Gasteiger partial charge is 0.374 e. The molecule has 94 valence electrons. The molecule has 0 fully saturated rings. The quantitative estimate of drug-likeness (QED) is 0.853. The van der Waals surface area contributed by atoms with E-state index in [0.717, 1.165) is 17.1 Å². The first-order valence-electron chi connectivity index (χ1n) is 5.94. The first-order valence-corrected chi connectivity index (χ1v) is 6.35. The molecule has 0 aliphatic rings. The SMILES string of the molecule is CCOCc1nc(=S)cc(-c2cccc(C)c2)[nH]1. The Morgan fingerprint density at radius 1 is 1.33 bits per heavy atom. The van der Waals surface area contributed by atoms with Gasteiger partial charge >= 0.3 is 0 Å². The lowest BCUT2D eigenvalue weighted by atomic mass is 10.1. The second kappa shape index (κ2) is 5.89. The van der Waals surface area contributed by atoms with Crippen molar-refractivity contribution in [3.8, 4) is 11.3 Å². The Morgan fingerprint density at radius 2 is 2.17 bits per heavy atom. The lowest BCUT2D eigenvalue weighted by Crippen LogP contribution is -2.00. The molecule has 0 amide bonds. The summed E-state index contributed by atoms with van der Waals surface area (Å²) in [5.74, 6) is 0.765. The molecule has 0 aliphatic carbocycles. The molecule has 0 saturated heterocycles. The minimum absolute atomic E-state index is 0.458. The molecule has 3 nitrogen and oxygen atoms in total. The number of H-pyrrole nitrogens is 1. The van der Waals surface area contributed by atoms with Crippen molar-refractivity contribution in [3.63, 3.8) is 0 Å². The van der Waals surface area contributed by atoms with Crippen molar-refractivity contribution in [3.05, 3.63) is 46.4 Å². The van der Waals surface area contributed by atoms with Crippen molar-refractivity contribution in [2.24, 2.45) is 0 Å². The molecule has 0 aliphatic heterocycles. The number of aromatic amines is 1. The molecule has 18 heavy (non-hydrogen) atoms. The van der Waals surface area contributed by atoms with Gasteiger partial charge in [-0.05, 0) is 31.5 Å². The summed E-state index contributed by atoms with van der Waals surface area (Å²) < 4.78 is 5.93. The van der Waals surface area contributed by atoms with Gasteiger partial charge in [-0.15, -0.1) is 0 Å². The number of ether oxygens (including phenoxy) is 1. The molecule has 0 bridgehead atoms. The second-order valence-electron chi connectivity index (χ2n) is 4.09. The van der Waals surface area contributed by atoms with E-state index in [0.29, 0.717) is 17.9 Å². The molecule has 2 rings (SSSR count). The summed E-state index contributed by atoms with van der Waals surface area (Å²) in [5.41, 5.74) is 3.31. The molecular weight excluding hydrogens is 244 g/mol. The first-order chi connectivity index (χ1) is 8.69. The van der Waals surface area contributed by atoms with Crippen LogP contribution < -0.4 is 0 Å². The zero-order valence-corrected chi connectivity index (χ0v) is 11.4. The summed E-state index contributed by atoms with van der Waals surface area (Å²) in [5, 5.41) is 0. The van der Waals surface area contributed by atoms with E-state index in [1.54, 1.807) is 0 Å². The Labute approximate surface area is 112 Å². The van der Waals surface area contributed by atoms with Gasteiger partial charge < -0.3 is 9.72 Å². The van der Waals surface area contributed by atoms with E-state index in [9.17, 15) is 0 Å². The zero-order chi connectivity index (χ0) is 13.0. The average molecular weight is 260 g/mol. The van der Waals surface area contributed by atoms with Crippen LogP contribution in [0.25, 0.3) is 11.3 Å². The maximum Gasteiger partial charge on any atom is 0.134 e. The molecular formula is C14H16N2OS. The molecule has 1 N–H and O–H groups in total. The van der Waals surface area contributed by atoms with Crippen LogP contribution in [0, 0.1) is 11.6 Å². The average Bonchev–Trinajstić information content (AvgIpc) is 2.36. The van der Waals surface area contributed by atoms with Gasteiger partial charge in [-0.3, -0.25) is 0 Å². The van der Waals surface area contributed by atoms with Crippen molar-refractivity contribution < 1.29 is 4.74 Å². The summed E-state index contributed by atoms with van der Waals surface area (Å²) in [4.78, 5) is 7.51. The molecule has 2 aromatic rings. The van der Waals surface area contributed by atoms with Gasteiger partial charge in [0.2, 0.25) is 0 Å². The van der Waals surface area contributed by atoms with E-state index in [-0.39, 0.29) is 0 Å². The highest BCUT2D eigenvalue weighted by Gasteiger charge is 2.02.